The van der Waals surface area contributed by atoms with Crippen LogP contribution >= 0.6 is 0 Å². The van der Waals surface area contributed by atoms with Crippen molar-refractivity contribution in [1.82, 2.24) is 10.6 Å². The van der Waals surface area contributed by atoms with E-state index >= 15 is 0 Å². The summed E-state index contributed by atoms with van der Waals surface area (Å²) in [5, 5.41) is 5.64. The van der Waals surface area contributed by atoms with Crippen LogP contribution in [0.4, 0.5) is 0 Å². The van der Waals surface area contributed by atoms with Crippen molar-refractivity contribution in [2.45, 2.75) is 26.3 Å². The monoisotopic (exact) mass is 290 g/mol. The standard InChI is InChI=1S/C16H22N2O3/c1-11-9-14(11)16(20)17-8-7-15(19)18-10-12-3-5-13(21-2)6-4-12/h3-6,11,14H,7-10H2,1-2H3,(H,17,20)(H,18,19)/t11-,14-/m1/s1. The number of hydrogen-bond donors (Lipinski definition) is 2. The van der Waals surface area contributed by atoms with Gasteiger partial charge in [-0.2, -0.15) is 0 Å². The van der Waals surface area contributed by atoms with Gasteiger partial charge in [-0.25, -0.2) is 0 Å². The van der Waals surface area contributed by atoms with Crippen LogP contribution in [-0.4, -0.2) is 25.5 Å². The van der Waals surface area contributed by atoms with Gasteiger partial charge in [-0.3, -0.25) is 9.59 Å². The van der Waals surface area contributed by atoms with E-state index in [-0.39, 0.29) is 17.7 Å². The molecule has 0 bridgehead atoms. The Morgan fingerprint density at radius 2 is 1.90 bits per heavy atom. The number of rotatable bonds is 7. The van der Waals surface area contributed by atoms with Gasteiger partial charge >= 0.3 is 0 Å². The van der Waals surface area contributed by atoms with Crippen molar-refractivity contribution >= 4 is 11.8 Å². The van der Waals surface area contributed by atoms with E-state index < -0.39 is 0 Å². The first kappa shape index (κ1) is 15.4. The molecule has 1 aromatic rings. The lowest BCUT2D eigenvalue weighted by Crippen LogP contribution is -2.31. The molecule has 1 aromatic carbocycles. The van der Waals surface area contributed by atoms with Crippen LogP contribution in [0.1, 0.15) is 25.3 Å². The van der Waals surface area contributed by atoms with Crippen LogP contribution in [-0.2, 0) is 16.1 Å². The molecule has 1 saturated carbocycles. The van der Waals surface area contributed by atoms with E-state index in [4.69, 9.17) is 4.74 Å². The molecule has 2 atom stereocenters. The summed E-state index contributed by atoms with van der Waals surface area (Å²) >= 11 is 0. The summed E-state index contributed by atoms with van der Waals surface area (Å²) in [6.07, 6.45) is 1.28. The highest BCUT2D eigenvalue weighted by atomic mass is 16.5. The van der Waals surface area contributed by atoms with Crippen LogP contribution in [0, 0.1) is 11.8 Å². The quantitative estimate of drug-likeness (QED) is 0.799. The molecule has 5 heteroatoms. The Hall–Kier alpha value is -2.04. The number of methoxy groups -OCH3 is 1. The maximum Gasteiger partial charge on any atom is 0.223 e. The Kier molecular flexibility index (Phi) is 5.20. The predicted molar refractivity (Wildman–Crippen MR) is 79.7 cm³/mol. The van der Waals surface area contributed by atoms with Gasteiger partial charge in [-0.1, -0.05) is 19.1 Å². The minimum absolute atomic E-state index is 0.0602. The molecule has 2 rings (SSSR count). The van der Waals surface area contributed by atoms with Gasteiger partial charge < -0.3 is 15.4 Å². The van der Waals surface area contributed by atoms with Crippen molar-refractivity contribution in [3.8, 4) is 5.75 Å². The molecule has 5 nitrogen and oxygen atoms in total. The second-order valence-electron chi connectivity index (χ2n) is 5.49. The summed E-state index contributed by atoms with van der Waals surface area (Å²) in [5.74, 6) is 1.46. The second-order valence-corrected chi connectivity index (χ2v) is 5.49. The van der Waals surface area contributed by atoms with Gasteiger partial charge in [0.25, 0.3) is 0 Å². The Labute approximate surface area is 125 Å². The van der Waals surface area contributed by atoms with Crippen LogP contribution in [0.15, 0.2) is 24.3 Å². The number of amides is 2. The van der Waals surface area contributed by atoms with Crippen molar-refractivity contribution in [1.29, 1.82) is 0 Å². The maximum absolute atomic E-state index is 11.7. The number of carbonyl (C=O) groups is 2. The molecule has 21 heavy (non-hydrogen) atoms. The fourth-order valence-corrected chi connectivity index (χ4v) is 2.15. The fourth-order valence-electron chi connectivity index (χ4n) is 2.15. The lowest BCUT2D eigenvalue weighted by atomic mass is 10.2. The predicted octanol–water partition coefficient (Wildman–Crippen LogP) is 1.47. The summed E-state index contributed by atoms with van der Waals surface area (Å²) < 4.78 is 5.07. The van der Waals surface area contributed by atoms with E-state index in [0.717, 1.165) is 17.7 Å². The van der Waals surface area contributed by atoms with Crippen molar-refractivity contribution < 1.29 is 14.3 Å². The number of ether oxygens (including phenoxy) is 1. The van der Waals surface area contributed by atoms with Gasteiger partial charge in [0.1, 0.15) is 5.75 Å². The molecule has 1 aliphatic rings. The molecule has 0 heterocycles. The molecular weight excluding hydrogens is 268 g/mol. The lowest BCUT2D eigenvalue weighted by molar-refractivity contribution is -0.123. The highest BCUT2D eigenvalue weighted by Gasteiger charge is 2.38. The second kappa shape index (κ2) is 7.11. The zero-order valence-electron chi connectivity index (χ0n) is 12.5. The van der Waals surface area contributed by atoms with Crippen molar-refractivity contribution in [3.05, 3.63) is 29.8 Å². The third-order valence-corrected chi connectivity index (χ3v) is 3.75. The van der Waals surface area contributed by atoms with Gasteiger partial charge in [0.15, 0.2) is 0 Å². The first-order valence-corrected chi connectivity index (χ1v) is 7.27. The Bertz CT molecular complexity index is 499. The molecule has 0 saturated heterocycles. The van der Waals surface area contributed by atoms with Crippen LogP contribution in [0.2, 0.25) is 0 Å². The van der Waals surface area contributed by atoms with Crippen LogP contribution < -0.4 is 15.4 Å². The molecule has 0 aliphatic heterocycles. The average Bonchev–Trinajstić information content (AvgIpc) is 3.22. The normalized spacial score (nSPS) is 19.7. The molecular formula is C16H22N2O3. The van der Waals surface area contributed by atoms with Gasteiger partial charge in [0, 0.05) is 25.4 Å². The Morgan fingerprint density at radius 1 is 1.24 bits per heavy atom. The summed E-state index contributed by atoms with van der Waals surface area (Å²) in [4.78, 5) is 23.3. The smallest absolute Gasteiger partial charge is 0.223 e. The molecule has 1 aliphatic carbocycles. The molecule has 0 radical (unpaired) electrons. The third kappa shape index (κ3) is 4.77. The van der Waals surface area contributed by atoms with Crippen LogP contribution in [0.5, 0.6) is 5.75 Å². The van der Waals surface area contributed by atoms with E-state index in [1.165, 1.54) is 0 Å². The van der Waals surface area contributed by atoms with Gasteiger partial charge in [-0.05, 0) is 30.0 Å². The highest BCUT2D eigenvalue weighted by Crippen LogP contribution is 2.37. The van der Waals surface area contributed by atoms with E-state index in [0.29, 0.717) is 25.4 Å². The summed E-state index contributed by atoms with van der Waals surface area (Å²) in [6, 6.07) is 7.54. The highest BCUT2D eigenvalue weighted by molar-refractivity contribution is 5.82. The SMILES string of the molecule is COc1ccc(CNC(=O)CCNC(=O)[C@@H]2C[C@H]2C)cc1. The molecule has 1 fully saturated rings. The maximum atomic E-state index is 11.7. The van der Waals surface area contributed by atoms with E-state index in [1.807, 2.05) is 24.3 Å². The Balaban J connectivity index is 1.61. The van der Waals surface area contributed by atoms with Crippen molar-refractivity contribution in [3.63, 3.8) is 0 Å². The lowest BCUT2D eigenvalue weighted by Gasteiger charge is -2.07. The molecule has 114 valence electrons. The van der Waals surface area contributed by atoms with Crippen LogP contribution in [0.25, 0.3) is 0 Å². The molecule has 2 amide bonds. The van der Waals surface area contributed by atoms with Gasteiger partial charge in [0.05, 0.1) is 7.11 Å². The topological polar surface area (TPSA) is 67.4 Å². The first-order valence-electron chi connectivity index (χ1n) is 7.27. The summed E-state index contributed by atoms with van der Waals surface area (Å²) in [5.41, 5.74) is 1.01. The molecule has 0 unspecified atom stereocenters. The number of nitrogens with one attached hydrogen (secondary N) is 2. The average molecular weight is 290 g/mol. The Morgan fingerprint density at radius 3 is 2.48 bits per heavy atom. The largest absolute Gasteiger partial charge is 0.497 e. The zero-order valence-corrected chi connectivity index (χ0v) is 12.5. The van der Waals surface area contributed by atoms with E-state index in [2.05, 4.69) is 17.6 Å². The van der Waals surface area contributed by atoms with Gasteiger partial charge in [0.2, 0.25) is 11.8 Å². The minimum atomic E-state index is -0.0602. The molecule has 0 spiro atoms. The van der Waals surface area contributed by atoms with Crippen molar-refractivity contribution in [2.75, 3.05) is 13.7 Å². The summed E-state index contributed by atoms with van der Waals surface area (Å²) in [7, 11) is 1.62. The van der Waals surface area contributed by atoms with Gasteiger partial charge in [-0.15, -0.1) is 0 Å². The minimum Gasteiger partial charge on any atom is -0.497 e. The van der Waals surface area contributed by atoms with E-state index in [9.17, 15) is 9.59 Å². The first-order chi connectivity index (χ1) is 10.1. The van der Waals surface area contributed by atoms with Crippen molar-refractivity contribution in [2.24, 2.45) is 11.8 Å². The van der Waals surface area contributed by atoms with Crippen LogP contribution in [0.3, 0.4) is 0 Å². The fraction of sp³-hybridized carbons (Fsp3) is 0.500. The number of carbonyl (C=O) groups excluding carboxylic acids is 2. The zero-order chi connectivity index (χ0) is 15.2. The number of benzene rings is 1. The van der Waals surface area contributed by atoms with E-state index in [1.54, 1.807) is 7.11 Å². The number of hydrogen-bond acceptors (Lipinski definition) is 3. The molecule has 2 N–H and O–H groups in total. The molecule has 0 aromatic heterocycles. The summed E-state index contributed by atoms with van der Waals surface area (Å²) in [6.45, 7) is 2.94. The third-order valence-electron chi connectivity index (χ3n) is 3.75.